The fraction of sp³-hybridized carbons (Fsp3) is 0.261. The van der Waals surface area contributed by atoms with Gasteiger partial charge in [0.05, 0.1) is 24.5 Å². The second kappa shape index (κ2) is 9.18. The molecule has 0 spiro atoms. The fourth-order valence-electron chi connectivity index (χ4n) is 3.75. The lowest BCUT2D eigenvalue weighted by Crippen LogP contribution is -2.32. The molecule has 1 aliphatic heterocycles. The number of hydrogen-bond acceptors (Lipinski definition) is 5. The molecule has 4 rings (SSSR count). The number of nitrogens with one attached hydrogen (secondary N) is 2. The van der Waals surface area contributed by atoms with Crippen LogP contribution >= 0.6 is 12.2 Å². The number of ether oxygens (including phenoxy) is 1. The van der Waals surface area contributed by atoms with Crippen LogP contribution in [0.25, 0.3) is 0 Å². The van der Waals surface area contributed by atoms with Crippen LogP contribution in [0.1, 0.15) is 35.7 Å². The number of aryl methyl sites for hydroxylation is 1. The third kappa shape index (κ3) is 4.54. The van der Waals surface area contributed by atoms with Crippen LogP contribution in [0.15, 0.2) is 65.2 Å². The quantitative estimate of drug-likeness (QED) is 0.542. The zero-order valence-electron chi connectivity index (χ0n) is 17.4. The van der Waals surface area contributed by atoms with Crippen molar-refractivity contribution in [3.63, 3.8) is 0 Å². The maximum absolute atomic E-state index is 12.7. The molecule has 2 atom stereocenters. The second-order valence-corrected chi connectivity index (χ2v) is 7.65. The summed E-state index contributed by atoms with van der Waals surface area (Å²) in [6.07, 6.45) is 2.01. The molecule has 3 aromatic rings. The number of amides is 1. The predicted octanol–water partition coefficient (Wildman–Crippen LogP) is 3.99. The molecule has 7 nitrogen and oxygen atoms in total. The molecular weight excluding hydrogens is 412 g/mol. The van der Waals surface area contributed by atoms with Gasteiger partial charge in [0.25, 0.3) is 0 Å². The second-order valence-electron chi connectivity index (χ2n) is 7.27. The Balaban J connectivity index is 1.52. The number of nitrogens with zero attached hydrogens (tertiary/aromatic N) is 2. The summed E-state index contributed by atoms with van der Waals surface area (Å²) in [7, 11) is 1.58. The van der Waals surface area contributed by atoms with Crippen LogP contribution in [0.3, 0.4) is 0 Å². The smallest absolute Gasteiger partial charge is 0.226 e. The first-order valence-electron chi connectivity index (χ1n) is 10.0. The van der Waals surface area contributed by atoms with Crippen LogP contribution in [0.5, 0.6) is 5.75 Å². The van der Waals surface area contributed by atoms with E-state index in [0.29, 0.717) is 23.1 Å². The monoisotopic (exact) mass is 436 g/mol. The minimum Gasteiger partial charge on any atom is -0.495 e. The highest BCUT2D eigenvalue weighted by molar-refractivity contribution is 7.80. The van der Waals surface area contributed by atoms with Gasteiger partial charge in [0.2, 0.25) is 5.91 Å². The van der Waals surface area contributed by atoms with E-state index < -0.39 is 0 Å². The summed E-state index contributed by atoms with van der Waals surface area (Å²) in [6.45, 7) is 2.34. The summed E-state index contributed by atoms with van der Waals surface area (Å²) in [5.41, 5.74) is 1.51. The van der Waals surface area contributed by atoms with Crippen molar-refractivity contribution in [2.75, 3.05) is 19.0 Å². The van der Waals surface area contributed by atoms with Crippen LogP contribution in [-0.2, 0) is 4.79 Å². The Morgan fingerprint density at radius 3 is 2.74 bits per heavy atom. The van der Waals surface area contributed by atoms with E-state index in [-0.39, 0.29) is 24.4 Å². The molecule has 3 heterocycles. The zero-order valence-corrected chi connectivity index (χ0v) is 18.2. The number of para-hydroxylation sites is 2. The van der Waals surface area contributed by atoms with E-state index in [1.165, 1.54) is 0 Å². The van der Waals surface area contributed by atoms with Crippen molar-refractivity contribution >= 4 is 28.9 Å². The van der Waals surface area contributed by atoms with Crippen LogP contribution in [0, 0.1) is 6.92 Å². The molecule has 0 bridgehead atoms. The maximum atomic E-state index is 12.7. The normalized spacial score (nSPS) is 18.0. The summed E-state index contributed by atoms with van der Waals surface area (Å²) in [4.78, 5) is 19.1. The fourth-order valence-corrected chi connectivity index (χ4v) is 4.08. The zero-order chi connectivity index (χ0) is 21.8. The van der Waals surface area contributed by atoms with Crippen molar-refractivity contribution < 1.29 is 13.9 Å². The molecule has 8 heteroatoms. The average Bonchev–Trinajstić information content (AvgIpc) is 3.35. The number of hydrogen-bond donors (Lipinski definition) is 2. The first-order valence-corrected chi connectivity index (χ1v) is 10.4. The summed E-state index contributed by atoms with van der Waals surface area (Å²) in [5, 5.41) is 6.83. The Morgan fingerprint density at radius 1 is 1.23 bits per heavy atom. The third-order valence-corrected chi connectivity index (χ3v) is 5.56. The van der Waals surface area contributed by atoms with Crippen LogP contribution in [-0.4, -0.2) is 34.6 Å². The average molecular weight is 437 g/mol. The van der Waals surface area contributed by atoms with Crippen molar-refractivity contribution in [3.8, 4) is 5.75 Å². The van der Waals surface area contributed by atoms with Gasteiger partial charge in [-0.1, -0.05) is 18.2 Å². The molecule has 1 fully saturated rings. The number of carbonyl (C=O) groups excluding carboxylic acids is 1. The van der Waals surface area contributed by atoms with Gasteiger partial charge >= 0.3 is 0 Å². The standard InChI is InChI=1S/C23H24N4O3S/c1-15-10-11-19(30-15)22-21(17-8-5-6-13-24-17)26-23(31)27(22)14-12-20(28)25-16-7-3-4-9-18(16)29-2/h3-11,13,21-22H,12,14H2,1-2H3,(H,25,28)(H,26,31)/t21-,22+/m1/s1. The van der Waals surface area contributed by atoms with Crippen molar-refractivity contribution in [1.82, 2.24) is 15.2 Å². The molecule has 31 heavy (non-hydrogen) atoms. The number of anilines is 1. The first kappa shape index (κ1) is 20.9. The first-order chi connectivity index (χ1) is 15.1. The molecule has 0 unspecified atom stereocenters. The third-order valence-electron chi connectivity index (χ3n) is 5.21. The van der Waals surface area contributed by atoms with Crippen LogP contribution in [0.4, 0.5) is 5.69 Å². The van der Waals surface area contributed by atoms with Crippen molar-refractivity contribution in [3.05, 3.63) is 78.0 Å². The van der Waals surface area contributed by atoms with E-state index in [4.69, 9.17) is 21.4 Å². The molecular formula is C23H24N4O3S. The number of methoxy groups -OCH3 is 1. The highest BCUT2D eigenvalue weighted by Crippen LogP contribution is 2.39. The van der Waals surface area contributed by atoms with E-state index in [0.717, 1.165) is 17.2 Å². The Morgan fingerprint density at radius 2 is 2.03 bits per heavy atom. The van der Waals surface area contributed by atoms with E-state index in [2.05, 4.69) is 15.6 Å². The molecule has 1 saturated heterocycles. The van der Waals surface area contributed by atoms with Gasteiger partial charge < -0.3 is 24.7 Å². The van der Waals surface area contributed by atoms with Crippen LogP contribution in [0.2, 0.25) is 0 Å². The molecule has 0 radical (unpaired) electrons. The number of aromatic nitrogens is 1. The summed E-state index contributed by atoms with van der Waals surface area (Å²) in [6, 6.07) is 16.6. The lowest BCUT2D eigenvalue weighted by atomic mass is 10.0. The number of thiocarbonyl (C=S) groups is 1. The van der Waals surface area contributed by atoms with E-state index in [9.17, 15) is 4.79 Å². The Bertz CT molecular complexity index is 1070. The molecule has 1 amide bonds. The number of furan rings is 1. The summed E-state index contributed by atoms with van der Waals surface area (Å²) in [5.74, 6) is 2.10. The summed E-state index contributed by atoms with van der Waals surface area (Å²) >= 11 is 5.62. The molecule has 0 saturated carbocycles. The number of pyridine rings is 1. The largest absolute Gasteiger partial charge is 0.495 e. The number of rotatable bonds is 7. The highest BCUT2D eigenvalue weighted by Gasteiger charge is 2.41. The molecule has 2 N–H and O–H groups in total. The Kier molecular flexibility index (Phi) is 6.18. The molecule has 0 aliphatic carbocycles. The van der Waals surface area contributed by atoms with Gasteiger partial charge in [0.1, 0.15) is 23.3 Å². The van der Waals surface area contributed by atoms with Gasteiger partial charge in [0.15, 0.2) is 5.11 Å². The van der Waals surface area contributed by atoms with Gasteiger partial charge in [0, 0.05) is 19.2 Å². The number of benzene rings is 1. The van der Waals surface area contributed by atoms with Crippen molar-refractivity contribution in [1.29, 1.82) is 0 Å². The van der Waals surface area contributed by atoms with E-state index >= 15 is 0 Å². The minimum atomic E-state index is -0.199. The molecule has 160 valence electrons. The van der Waals surface area contributed by atoms with Crippen molar-refractivity contribution in [2.24, 2.45) is 0 Å². The summed E-state index contributed by atoms with van der Waals surface area (Å²) < 4.78 is 11.3. The van der Waals surface area contributed by atoms with Gasteiger partial charge in [-0.05, 0) is 55.5 Å². The highest BCUT2D eigenvalue weighted by atomic mass is 32.1. The minimum absolute atomic E-state index is 0.122. The molecule has 1 aliphatic rings. The number of carbonyl (C=O) groups is 1. The lowest BCUT2D eigenvalue weighted by molar-refractivity contribution is -0.116. The Labute approximate surface area is 186 Å². The van der Waals surface area contributed by atoms with E-state index in [1.54, 1.807) is 13.3 Å². The van der Waals surface area contributed by atoms with Gasteiger partial charge in [-0.3, -0.25) is 9.78 Å². The predicted molar refractivity (Wildman–Crippen MR) is 122 cm³/mol. The van der Waals surface area contributed by atoms with Gasteiger partial charge in [-0.2, -0.15) is 0 Å². The maximum Gasteiger partial charge on any atom is 0.226 e. The van der Waals surface area contributed by atoms with Gasteiger partial charge in [-0.15, -0.1) is 0 Å². The van der Waals surface area contributed by atoms with Crippen molar-refractivity contribution in [2.45, 2.75) is 25.4 Å². The van der Waals surface area contributed by atoms with Crippen LogP contribution < -0.4 is 15.4 Å². The lowest BCUT2D eigenvalue weighted by Gasteiger charge is -2.25. The molecule has 1 aromatic carbocycles. The van der Waals surface area contributed by atoms with E-state index in [1.807, 2.05) is 66.4 Å². The Hall–Kier alpha value is -3.39. The SMILES string of the molecule is COc1ccccc1NC(=O)CCN1C(=S)N[C@H](c2ccccn2)[C@@H]1c1ccc(C)o1. The van der Waals surface area contributed by atoms with Gasteiger partial charge in [-0.25, -0.2) is 0 Å². The molecule has 2 aromatic heterocycles. The topological polar surface area (TPSA) is 79.6 Å².